The van der Waals surface area contributed by atoms with Gasteiger partial charge < -0.3 is 10.2 Å². The van der Waals surface area contributed by atoms with E-state index in [1.54, 1.807) is 18.2 Å². The number of carbonyl (C=O) groups is 1. The molecule has 0 aliphatic rings. The summed E-state index contributed by atoms with van der Waals surface area (Å²) in [6.45, 7) is 6.03. The molecule has 126 valence electrons. The first-order chi connectivity index (χ1) is 10.8. The van der Waals surface area contributed by atoms with Crippen molar-refractivity contribution >= 4 is 33.4 Å². The molecule has 0 aliphatic carbocycles. The van der Waals surface area contributed by atoms with Gasteiger partial charge in [-0.05, 0) is 39.0 Å². The Balaban J connectivity index is 2.11. The van der Waals surface area contributed by atoms with E-state index >= 15 is 0 Å². The number of anilines is 1. The maximum Gasteiger partial charge on any atom is 0.321 e. The quantitative estimate of drug-likeness (QED) is 0.913. The first kappa shape index (κ1) is 17.5. The number of nitrogens with one attached hydrogen (secondary N) is 1. The lowest BCUT2D eigenvalue weighted by Gasteiger charge is -2.24. The zero-order chi connectivity index (χ0) is 17.1. The van der Waals surface area contributed by atoms with Gasteiger partial charge in [-0.2, -0.15) is 5.10 Å². The summed E-state index contributed by atoms with van der Waals surface area (Å²) < 4.78 is 13.2. The zero-order valence-corrected chi connectivity index (χ0v) is 15.1. The number of urea groups is 1. The molecule has 2 amide bonds. The van der Waals surface area contributed by atoms with Gasteiger partial charge in [-0.15, -0.1) is 0 Å². The van der Waals surface area contributed by atoms with Crippen molar-refractivity contribution in [3.8, 4) is 0 Å². The molecule has 2 rings (SSSR count). The van der Waals surface area contributed by atoms with Gasteiger partial charge in [-0.1, -0.05) is 0 Å². The Kier molecular flexibility index (Phi) is 5.41. The number of amides is 2. The molecule has 1 aromatic heterocycles. The number of nitrogens with zero attached hydrogens (tertiary/aromatic N) is 3. The van der Waals surface area contributed by atoms with Gasteiger partial charge in [-0.25, -0.2) is 4.79 Å². The summed E-state index contributed by atoms with van der Waals surface area (Å²) in [7, 11) is 0.778. The number of rotatable bonds is 5. The smallest absolute Gasteiger partial charge is 0.321 e. The Bertz CT molecular complexity index is 726. The molecule has 0 fully saturated rings. The maximum atomic E-state index is 12.3. The van der Waals surface area contributed by atoms with Crippen molar-refractivity contribution in [3.05, 3.63) is 24.4 Å². The van der Waals surface area contributed by atoms with Crippen LogP contribution in [0.4, 0.5) is 10.5 Å². The van der Waals surface area contributed by atoms with E-state index in [9.17, 15) is 9.00 Å². The summed E-state index contributed by atoms with van der Waals surface area (Å²) in [4.78, 5) is 13.9. The van der Waals surface area contributed by atoms with Crippen LogP contribution in [0.1, 0.15) is 26.8 Å². The molecule has 1 aromatic carbocycles. The van der Waals surface area contributed by atoms with Crippen molar-refractivity contribution in [1.29, 1.82) is 0 Å². The lowest BCUT2D eigenvalue weighted by atomic mass is 10.2. The van der Waals surface area contributed by atoms with Gasteiger partial charge in [0.05, 0.1) is 5.52 Å². The monoisotopic (exact) mass is 336 g/mol. The van der Waals surface area contributed by atoms with E-state index in [2.05, 4.69) is 24.3 Å². The Morgan fingerprint density at radius 2 is 2.09 bits per heavy atom. The molecule has 23 heavy (non-hydrogen) atoms. The lowest BCUT2D eigenvalue weighted by molar-refractivity contribution is 0.212. The highest BCUT2D eigenvalue weighted by molar-refractivity contribution is 7.84. The van der Waals surface area contributed by atoms with E-state index in [-0.39, 0.29) is 12.1 Å². The van der Waals surface area contributed by atoms with E-state index in [0.717, 1.165) is 16.6 Å². The minimum atomic E-state index is -0.932. The lowest BCUT2D eigenvalue weighted by Crippen LogP contribution is -2.40. The molecule has 0 saturated heterocycles. The van der Waals surface area contributed by atoms with Crippen LogP contribution in [0, 0.1) is 0 Å². The van der Waals surface area contributed by atoms with E-state index in [4.69, 9.17) is 0 Å². The van der Waals surface area contributed by atoms with Crippen LogP contribution in [0.5, 0.6) is 0 Å². The fourth-order valence-corrected chi connectivity index (χ4v) is 3.15. The molecular weight excluding hydrogens is 312 g/mol. The van der Waals surface area contributed by atoms with Crippen LogP contribution in [0.15, 0.2) is 24.4 Å². The number of hydrogen-bond acceptors (Lipinski definition) is 3. The van der Waals surface area contributed by atoms with Crippen molar-refractivity contribution in [3.63, 3.8) is 0 Å². The average molecular weight is 336 g/mol. The minimum absolute atomic E-state index is 0.0896. The first-order valence-electron chi connectivity index (χ1n) is 7.60. The maximum absolute atomic E-state index is 12.3. The van der Waals surface area contributed by atoms with Crippen molar-refractivity contribution in [2.75, 3.05) is 24.4 Å². The Hall–Kier alpha value is -1.89. The molecule has 0 bridgehead atoms. The molecule has 0 aliphatic heterocycles. The standard InChI is InChI=1S/C16H24N4O2S/c1-11(2)20-9-13-8-14(6-7-15(13)18-20)17-16(21)19(4)12(3)10-23(5)22/h6-9,11-12H,10H2,1-5H3,(H,17,21)/t12-,23+/m1/s1. The summed E-state index contributed by atoms with van der Waals surface area (Å²) in [6.07, 6.45) is 3.62. The average Bonchev–Trinajstić information content (AvgIpc) is 2.89. The predicted octanol–water partition coefficient (Wildman–Crippen LogP) is 2.85. The van der Waals surface area contributed by atoms with Gasteiger partial charge in [0, 0.05) is 59.2 Å². The normalized spacial score (nSPS) is 14.0. The largest absolute Gasteiger partial charge is 0.324 e. The molecule has 1 heterocycles. The van der Waals surface area contributed by atoms with Crippen LogP contribution in [-0.4, -0.2) is 50.0 Å². The molecule has 2 aromatic rings. The van der Waals surface area contributed by atoms with Gasteiger partial charge in [0.1, 0.15) is 0 Å². The van der Waals surface area contributed by atoms with Crippen molar-refractivity contribution in [2.24, 2.45) is 0 Å². The van der Waals surface area contributed by atoms with E-state index < -0.39 is 10.8 Å². The third kappa shape index (κ3) is 4.31. The van der Waals surface area contributed by atoms with E-state index in [0.29, 0.717) is 11.8 Å². The topological polar surface area (TPSA) is 67.2 Å². The van der Waals surface area contributed by atoms with Crippen LogP contribution in [0.2, 0.25) is 0 Å². The van der Waals surface area contributed by atoms with Gasteiger partial charge in [0.2, 0.25) is 0 Å². The number of benzene rings is 1. The summed E-state index contributed by atoms with van der Waals surface area (Å²) in [5.41, 5.74) is 1.63. The van der Waals surface area contributed by atoms with Crippen LogP contribution < -0.4 is 5.32 Å². The molecule has 2 atom stereocenters. The summed E-state index contributed by atoms with van der Waals surface area (Å²) >= 11 is 0. The van der Waals surface area contributed by atoms with E-state index in [1.165, 1.54) is 0 Å². The molecule has 0 unspecified atom stereocenters. The number of carbonyl (C=O) groups excluding carboxylic acids is 1. The van der Waals surface area contributed by atoms with Gasteiger partial charge in [0.15, 0.2) is 0 Å². The van der Waals surface area contributed by atoms with Crippen molar-refractivity contribution < 1.29 is 9.00 Å². The molecule has 0 radical (unpaired) electrons. The predicted molar refractivity (Wildman–Crippen MR) is 95.3 cm³/mol. The first-order valence-corrected chi connectivity index (χ1v) is 9.33. The molecule has 1 N–H and O–H groups in total. The highest BCUT2D eigenvalue weighted by Crippen LogP contribution is 2.20. The number of fused-ring (bicyclic) bond motifs is 1. The van der Waals surface area contributed by atoms with Crippen LogP contribution >= 0.6 is 0 Å². The van der Waals surface area contributed by atoms with Crippen LogP contribution in [-0.2, 0) is 10.8 Å². The summed E-state index contributed by atoms with van der Waals surface area (Å²) in [6, 6.07) is 5.65. The Labute approximate surface area is 139 Å². The second kappa shape index (κ2) is 7.12. The SMILES string of the molecule is CC(C)n1cc2cc(NC(=O)N(C)[C@H](C)C[S@](C)=O)ccc2n1. The molecular formula is C16H24N4O2S. The Morgan fingerprint density at radius 1 is 1.39 bits per heavy atom. The molecule has 7 heteroatoms. The third-order valence-corrected chi connectivity index (χ3v) is 4.71. The van der Waals surface area contributed by atoms with Gasteiger partial charge >= 0.3 is 6.03 Å². The second-order valence-corrected chi connectivity index (χ2v) is 7.59. The number of aromatic nitrogens is 2. The molecule has 6 nitrogen and oxygen atoms in total. The highest BCUT2D eigenvalue weighted by Gasteiger charge is 2.17. The zero-order valence-electron chi connectivity index (χ0n) is 14.2. The highest BCUT2D eigenvalue weighted by atomic mass is 32.2. The van der Waals surface area contributed by atoms with Crippen LogP contribution in [0.3, 0.4) is 0 Å². The Morgan fingerprint density at radius 3 is 2.70 bits per heavy atom. The summed E-state index contributed by atoms with van der Waals surface area (Å²) in [5, 5.41) is 8.35. The second-order valence-electron chi connectivity index (χ2n) is 6.11. The minimum Gasteiger partial charge on any atom is -0.324 e. The fourth-order valence-electron chi connectivity index (χ4n) is 2.25. The molecule has 0 spiro atoms. The summed E-state index contributed by atoms with van der Waals surface area (Å²) in [5.74, 6) is 0.462. The van der Waals surface area contributed by atoms with Crippen LogP contribution in [0.25, 0.3) is 10.9 Å². The fraction of sp³-hybridized carbons (Fsp3) is 0.500. The van der Waals surface area contributed by atoms with Crippen molar-refractivity contribution in [2.45, 2.75) is 32.9 Å². The van der Waals surface area contributed by atoms with Gasteiger partial charge in [0.25, 0.3) is 0 Å². The number of hydrogen-bond donors (Lipinski definition) is 1. The van der Waals surface area contributed by atoms with E-state index in [1.807, 2.05) is 36.0 Å². The van der Waals surface area contributed by atoms with Crippen molar-refractivity contribution in [1.82, 2.24) is 14.7 Å². The third-order valence-electron chi connectivity index (χ3n) is 3.76. The van der Waals surface area contributed by atoms with Gasteiger partial charge in [-0.3, -0.25) is 8.89 Å². The molecule has 0 saturated carbocycles.